The minimum absolute atomic E-state index is 0.0149. The molecular formula is C51H85N7O16. The first-order valence-corrected chi connectivity index (χ1v) is 26.6. The highest BCUT2D eigenvalue weighted by atomic mass is 16.7. The molecule has 0 bridgehead atoms. The number of unbranched alkanes of at least 4 members (excludes halogenated alkanes) is 13. The number of aliphatic hydroxyl groups excluding tert-OH is 8. The predicted octanol–water partition coefficient (Wildman–Crippen LogP) is -1.04. The second-order valence-electron chi connectivity index (χ2n) is 20.6. The van der Waals surface area contributed by atoms with E-state index in [2.05, 4.69) is 33.7 Å². The van der Waals surface area contributed by atoms with Gasteiger partial charge in [0.2, 0.25) is 35.4 Å². The van der Waals surface area contributed by atoms with Gasteiger partial charge in [0, 0.05) is 44.7 Å². The summed E-state index contributed by atoms with van der Waals surface area (Å²) < 4.78 is 0. The minimum Gasteiger partial charge on any atom is -0.508 e. The first-order chi connectivity index (χ1) is 35.1. The number of carbonyl (C=O) groups is 6. The van der Waals surface area contributed by atoms with Gasteiger partial charge in [-0.1, -0.05) is 109 Å². The van der Waals surface area contributed by atoms with Crippen molar-refractivity contribution in [2.45, 2.75) is 229 Å². The number of nitrogens with zero attached hydrogens (tertiary/aromatic N) is 2. The molecule has 3 saturated heterocycles. The van der Waals surface area contributed by atoms with E-state index in [1.807, 2.05) is 0 Å². The van der Waals surface area contributed by atoms with Crippen molar-refractivity contribution in [3.05, 3.63) is 29.8 Å². The molecule has 0 aliphatic carbocycles. The molecule has 4 rings (SSSR count). The van der Waals surface area contributed by atoms with Crippen molar-refractivity contribution < 1.29 is 79.6 Å². The molecule has 0 saturated carbocycles. The van der Waals surface area contributed by atoms with E-state index in [0.717, 1.165) is 55.8 Å². The standard InChI is InChI=1S/C51H85N7O16/c1-5-6-7-8-9-10-11-12-13-14-15-16-17-18-19-39(65)52-35-26-38(64)47(70)56-74-51-43(66)29(2)27-58(51)50(73)41(31(4)60)54-48(71)42(44(67)37(63)24-32-20-22-33(61)23-21-32)55-46(69)36-25-34(62)28-57(36)49(72)40(30(3)59)53-45(35)68/h20-23,29-31,34-38,40-44,47,51,56,59-64,66-67,70H,5-19,24-28H2,1-4H3,(H,52,65)(H,53,68)(H,54,71)(H,55,69)/t29-,30+,31+,34+,35?,36-,37-,38+,40-,41-,42-,43-,44+,47+,51+/m0/s1. The summed E-state index contributed by atoms with van der Waals surface area (Å²) in [5.41, 5.74) is 2.55. The third-order valence-corrected chi connectivity index (χ3v) is 14.2. The number of benzene rings is 1. The molecule has 1 aromatic rings. The summed E-state index contributed by atoms with van der Waals surface area (Å²) in [4.78, 5) is 91.9. The summed E-state index contributed by atoms with van der Waals surface area (Å²) in [6.45, 7) is 5.30. The Kier molecular flexibility index (Phi) is 25.8. The van der Waals surface area contributed by atoms with Gasteiger partial charge < -0.3 is 77.0 Å². The average Bonchev–Trinajstić information content (AvgIpc) is 3.89. The van der Waals surface area contributed by atoms with Gasteiger partial charge in [-0.15, -0.1) is 0 Å². The molecule has 1 unspecified atom stereocenters. The highest BCUT2D eigenvalue weighted by Crippen LogP contribution is 2.27. The van der Waals surface area contributed by atoms with Crippen molar-refractivity contribution in [3.8, 4) is 5.75 Å². The molecule has 3 heterocycles. The van der Waals surface area contributed by atoms with Crippen LogP contribution in [0.25, 0.3) is 0 Å². The lowest BCUT2D eigenvalue weighted by Crippen LogP contribution is -2.64. The topological polar surface area (TPSA) is 360 Å². The van der Waals surface area contributed by atoms with Crippen LogP contribution in [0, 0.1) is 5.92 Å². The Hall–Kier alpha value is -4.56. The lowest BCUT2D eigenvalue weighted by Gasteiger charge is -2.34. The summed E-state index contributed by atoms with van der Waals surface area (Å²) in [6, 6.07) is -3.68. The number of amides is 6. The van der Waals surface area contributed by atoms with Gasteiger partial charge in [-0.05, 0) is 38.0 Å². The van der Waals surface area contributed by atoms with Crippen LogP contribution in [0.5, 0.6) is 5.75 Å². The van der Waals surface area contributed by atoms with E-state index in [1.54, 1.807) is 6.92 Å². The maximum absolute atomic E-state index is 14.3. The van der Waals surface area contributed by atoms with E-state index in [0.29, 0.717) is 12.0 Å². The second kappa shape index (κ2) is 30.9. The molecule has 6 amide bonds. The SMILES string of the molecule is CCCCCCCCCCCCCCCCC(=O)NC1C[C@@H](O)[C@@H](O)NO[C@@H]2[C@@H](O)[C@@H](C)CN2C(=O)[C@H]([C@@H](C)O)NC(=O)[C@H]([C@H](O)[C@@H](O)Cc2ccc(O)cc2)NC(=O)[C@@H]2C[C@@H](O)CN2C(=O)[C@H]([C@@H](C)O)NC1=O. The van der Waals surface area contributed by atoms with Crippen molar-refractivity contribution >= 4 is 35.4 Å². The Labute approximate surface area is 433 Å². The minimum atomic E-state index is -2.16. The molecule has 0 spiro atoms. The zero-order valence-corrected chi connectivity index (χ0v) is 43.4. The normalized spacial score (nSPS) is 29.5. The summed E-state index contributed by atoms with van der Waals surface area (Å²) in [5, 5.41) is 108. The summed E-state index contributed by atoms with van der Waals surface area (Å²) >= 11 is 0. The number of aromatic hydroxyl groups is 1. The second-order valence-corrected chi connectivity index (χ2v) is 20.6. The maximum atomic E-state index is 14.3. The highest BCUT2D eigenvalue weighted by Gasteiger charge is 2.48. The fourth-order valence-corrected chi connectivity index (χ4v) is 9.61. The first kappa shape index (κ1) is 62.0. The van der Waals surface area contributed by atoms with Gasteiger partial charge in [-0.25, -0.2) is 0 Å². The van der Waals surface area contributed by atoms with Crippen LogP contribution in [0.2, 0.25) is 0 Å². The molecule has 74 heavy (non-hydrogen) atoms. The summed E-state index contributed by atoms with van der Waals surface area (Å²) in [6.07, 6.45) is -1.98. The Bertz CT molecular complexity index is 1930. The molecule has 15 atom stereocenters. The molecule has 1 aromatic carbocycles. The number of fused-ring (bicyclic) bond motifs is 2. The van der Waals surface area contributed by atoms with Crippen LogP contribution in [0.1, 0.15) is 142 Å². The molecule has 0 aromatic heterocycles. The number of rotatable bonds is 22. The third-order valence-electron chi connectivity index (χ3n) is 14.2. The summed E-state index contributed by atoms with van der Waals surface area (Å²) in [7, 11) is 0. The van der Waals surface area contributed by atoms with E-state index in [1.165, 1.54) is 75.6 Å². The molecule has 3 aliphatic rings. The van der Waals surface area contributed by atoms with Gasteiger partial charge >= 0.3 is 0 Å². The number of aliphatic hydroxyl groups is 8. The predicted molar refractivity (Wildman–Crippen MR) is 267 cm³/mol. The van der Waals surface area contributed by atoms with Gasteiger partial charge in [-0.3, -0.25) is 33.6 Å². The van der Waals surface area contributed by atoms with Crippen LogP contribution in [0.3, 0.4) is 0 Å². The van der Waals surface area contributed by atoms with Crippen LogP contribution in [0.15, 0.2) is 24.3 Å². The average molecular weight is 1050 g/mol. The first-order valence-electron chi connectivity index (χ1n) is 26.6. The highest BCUT2D eigenvalue weighted by molar-refractivity contribution is 5.97. The van der Waals surface area contributed by atoms with Gasteiger partial charge in [0.1, 0.15) is 48.2 Å². The van der Waals surface area contributed by atoms with E-state index in [-0.39, 0.29) is 25.1 Å². The fraction of sp³-hybridized carbons (Fsp3) is 0.765. The van der Waals surface area contributed by atoms with Gasteiger partial charge in [0.15, 0.2) is 12.5 Å². The van der Waals surface area contributed by atoms with Crippen LogP contribution < -0.4 is 26.7 Å². The lowest BCUT2D eigenvalue weighted by molar-refractivity contribution is -0.194. The monoisotopic (exact) mass is 1050 g/mol. The molecule has 23 nitrogen and oxygen atoms in total. The molecule has 14 N–H and O–H groups in total. The van der Waals surface area contributed by atoms with Crippen LogP contribution in [-0.2, 0) is 40.0 Å². The zero-order chi connectivity index (χ0) is 54.6. The van der Waals surface area contributed by atoms with E-state index in [9.17, 15) is 74.7 Å². The van der Waals surface area contributed by atoms with E-state index in [4.69, 9.17) is 4.84 Å². The van der Waals surface area contributed by atoms with E-state index >= 15 is 0 Å². The quantitative estimate of drug-likeness (QED) is 0.0617. The largest absolute Gasteiger partial charge is 0.508 e. The Morgan fingerprint density at radius 3 is 1.76 bits per heavy atom. The number of hydrogen-bond acceptors (Lipinski definition) is 17. The molecule has 23 heteroatoms. The molecule has 3 aliphatic heterocycles. The van der Waals surface area contributed by atoms with Crippen molar-refractivity contribution in [1.29, 1.82) is 0 Å². The number of phenols is 1. The van der Waals surface area contributed by atoms with E-state index < -0.39 is 146 Å². The van der Waals surface area contributed by atoms with Crippen molar-refractivity contribution in [2.75, 3.05) is 13.1 Å². The fourth-order valence-electron chi connectivity index (χ4n) is 9.61. The van der Waals surface area contributed by atoms with Crippen molar-refractivity contribution in [2.24, 2.45) is 5.92 Å². The van der Waals surface area contributed by atoms with Crippen molar-refractivity contribution in [1.82, 2.24) is 36.5 Å². The Morgan fingerprint density at radius 2 is 1.20 bits per heavy atom. The molecule has 0 radical (unpaired) electrons. The zero-order valence-electron chi connectivity index (χ0n) is 43.4. The lowest BCUT2D eigenvalue weighted by atomic mass is 9.97. The van der Waals surface area contributed by atoms with Crippen molar-refractivity contribution in [3.63, 3.8) is 0 Å². The molecule has 3 fully saturated rings. The Morgan fingerprint density at radius 1 is 0.689 bits per heavy atom. The Balaban J connectivity index is 1.59. The molecular weight excluding hydrogens is 967 g/mol. The van der Waals surface area contributed by atoms with Gasteiger partial charge in [0.05, 0.1) is 30.5 Å². The number of nitrogens with one attached hydrogen (secondary N) is 5. The van der Waals surface area contributed by atoms with Gasteiger partial charge in [0.25, 0.3) is 0 Å². The molecule has 420 valence electrons. The van der Waals surface area contributed by atoms with Crippen LogP contribution >= 0.6 is 0 Å². The summed E-state index contributed by atoms with van der Waals surface area (Å²) in [5.74, 6) is -7.12. The number of carbonyl (C=O) groups excluding carboxylic acids is 6. The number of hydroxylamine groups is 1. The smallest absolute Gasteiger partial charge is 0.250 e. The number of phenolic OH excluding ortho intramolecular Hbond substituents is 1. The third kappa shape index (κ3) is 18.6. The van der Waals surface area contributed by atoms with Gasteiger partial charge in [-0.2, -0.15) is 5.48 Å². The number of hydrogen-bond donors (Lipinski definition) is 14. The van der Waals surface area contributed by atoms with Crippen LogP contribution in [-0.4, -0.2) is 190 Å². The van der Waals surface area contributed by atoms with Crippen LogP contribution in [0.4, 0.5) is 0 Å². The maximum Gasteiger partial charge on any atom is 0.250 e.